The molecule has 0 saturated carbocycles. The molecular formula is C9H10N6O3S. The van der Waals surface area contributed by atoms with Crippen LogP contribution in [-0.4, -0.2) is 22.0 Å². The molecule has 100 valence electrons. The van der Waals surface area contributed by atoms with Gasteiger partial charge in [-0.3, -0.25) is 9.59 Å². The predicted octanol–water partition coefficient (Wildman–Crippen LogP) is -0.477. The van der Waals surface area contributed by atoms with Gasteiger partial charge in [0.05, 0.1) is 17.8 Å². The normalized spacial score (nSPS) is 10.3. The van der Waals surface area contributed by atoms with Crippen LogP contribution in [0.1, 0.15) is 25.9 Å². The van der Waals surface area contributed by atoms with Gasteiger partial charge in [-0.25, -0.2) is 0 Å². The lowest BCUT2D eigenvalue weighted by atomic mass is 10.2. The Morgan fingerprint density at radius 2 is 2.11 bits per heavy atom. The Morgan fingerprint density at radius 1 is 1.37 bits per heavy atom. The molecule has 7 N–H and O–H groups in total. The van der Waals surface area contributed by atoms with Crippen molar-refractivity contribution in [3.8, 4) is 0 Å². The summed E-state index contributed by atoms with van der Waals surface area (Å²) < 4.78 is 4.56. The molecule has 0 unspecified atom stereocenters. The molecule has 9 nitrogen and oxygen atoms in total. The van der Waals surface area contributed by atoms with Gasteiger partial charge in [-0.15, -0.1) is 11.3 Å². The Labute approximate surface area is 110 Å². The van der Waals surface area contributed by atoms with Gasteiger partial charge in [-0.05, 0) is 0 Å². The number of thiophene rings is 1. The minimum atomic E-state index is -0.753. The fourth-order valence-electron chi connectivity index (χ4n) is 1.43. The number of aromatic nitrogens is 2. The van der Waals surface area contributed by atoms with E-state index in [1.54, 1.807) is 0 Å². The number of anilines is 2. The SMILES string of the molecule is NC(=O)c1sc(NCc2ncon2)c(C(N)=O)c1N. The molecule has 2 heterocycles. The Kier molecular flexibility index (Phi) is 3.33. The Morgan fingerprint density at radius 3 is 2.63 bits per heavy atom. The molecular weight excluding hydrogens is 272 g/mol. The average Bonchev–Trinajstić information content (AvgIpc) is 2.93. The van der Waals surface area contributed by atoms with Crippen LogP contribution in [0.5, 0.6) is 0 Å². The number of nitrogens with two attached hydrogens (primary N) is 3. The maximum atomic E-state index is 11.3. The van der Waals surface area contributed by atoms with Gasteiger partial charge >= 0.3 is 0 Å². The minimum absolute atomic E-state index is 0.0272. The van der Waals surface area contributed by atoms with Gasteiger partial charge in [0.25, 0.3) is 11.8 Å². The lowest BCUT2D eigenvalue weighted by Gasteiger charge is -2.02. The minimum Gasteiger partial charge on any atom is -0.397 e. The molecule has 0 bridgehead atoms. The van der Waals surface area contributed by atoms with Gasteiger partial charge in [0.15, 0.2) is 5.82 Å². The summed E-state index contributed by atoms with van der Waals surface area (Å²) in [6, 6.07) is 0. The van der Waals surface area contributed by atoms with E-state index in [9.17, 15) is 9.59 Å². The quantitative estimate of drug-likeness (QED) is 0.575. The summed E-state index contributed by atoms with van der Waals surface area (Å²) in [4.78, 5) is 26.4. The third-order valence-electron chi connectivity index (χ3n) is 2.23. The van der Waals surface area contributed by atoms with Crippen LogP contribution in [0.25, 0.3) is 0 Å². The topological polar surface area (TPSA) is 163 Å². The van der Waals surface area contributed by atoms with E-state index in [0.29, 0.717) is 10.8 Å². The molecule has 19 heavy (non-hydrogen) atoms. The maximum Gasteiger partial charge on any atom is 0.260 e. The second-order valence-corrected chi connectivity index (χ2v) is 4.50. The first-order chi connectivity index (χ1) is 9.00. The molecule has 2 aromatic rings. The van der Waals surface area contributed by atoms with Gasteiger partial charge in [0, 0.05) is 0 Å². The zero-order valence-corrected chi connectivity index (χ0v) is 10.4. The smallest absolute Gasteiger partial charge is 0.260 e. The van der Waals surface area contributed by atoms with Crippen molar-refractivity contribution < 1.29 is 14.1 Å². The van der Waals surface area contributed by atoms with Crippen molar-refractivity contribution in [2.45, 2.75) is 6.54 Å². The van der Waals surface area contributed by atoms with Gasteiger partial charge in [-0.2, -0.15) is 4.98 Å². The summed E-state index contributed by atoms with van der Waals surface area (Å²) in [5.41, 5.74) is 16.1. The summed E-state index contributed by atoms with van der Waals surface area (Å²) >= 11 is 0.947. The highest BCUT2D eigenvalue weighted by atomic mass is 32.1. The van der Waals surface area contributed by atoms with Crippen LogP contribution in [0, 0.1) is 0 Å². The first-order valence-electron chi connectivity index (χ1n) is 5.01. The van der Waals surface area contributed by atoms with E-state index in [-0.39, 0.29) is 22.7 Å². The molecule has 0 atom stereocenters. The monoisotopic (exact) mass is 282 g/mol. The molecule has 0 aliphatic rings. The summed E-state index contributed by atoms with van der Waals surface area (Å²) in [5, 5.41) is 6.78. The van der Waals surface area contributed by atoms with Crippen molar-refractivity contribution in [1.29, 1.82) is 0 Å². The van der Waals surface area contributed by atoms with Crippen molar-refractivity contribution in [2.75, 3.05) is 11.1 Å². The van der Waals surface area contributed by atoms with E-state index in [1.165, 1.54) is 6.39 Å². The van der Waals surface area contributed by atoms with E-state index in [1.807, 2.05) is 0 Å². The number of nitrogens with zero attached hydrogens (tertiary/aromatic N) is 2. The number of nitrogens with one attached hydrogen (secondary N) is 1. The highest BCUT2D eigenvalue weighted by molar-refractivity contribution is 7.19. The molecule has 0 fully saturated rings. The first kappa shape index (κ1) is 12.8. The zero-order chi connectivity index (χ0) is 14.0. The summed E-state index contributed by atoms with van der Waals surface area (Å²) in [6.07, 6.45) is 1.17. The number of rotatable bonds is 5. The molecule has 0 radical (unpaired) electrons. The van der Waals surface area contributed by atoms with Gasteiger partial charge in [0.1, 0.15) is 9.88 Å². The van der Waals surface area contributed by atoms with E-state index in [2.05, 4.69) is 20.0 Å². The third kappa shape index (κ3) is 2.47. The van der Waals surface area contributed by atoms with Crippen molar-refractivity contribution in [3.63, 3.8) is 0 Å². The van der Waals surface area contributed by atoms with E-state index in [0.717, 1.165) is 11.3 Å². The number of nitrogen functional groups attached to an aromatic ring is 1. The molecule has 0 aliphatic heterocycles. The molecule has 2 amide bonds. The number of hydrogen-bond donors (Lipinski definition) is 4. The standard InChI is InChI=1S/C9H10N6O3S/c10-5-4(7(11)16)9(19-6(5)8(12)17)13-1-3-14-2-18-15-3/h2,13H,1,10H2,(H2,11,16)(H2,12,17). The second kappa shape index (κ2) is 4.94. The number of carbonyl (C=O) groups excluding carboxylic acids is 2. The zero-order valence-electron chi connectivity index (χ0n) is 9.54. The van der Waals surface area contributed by atoms with E-state index in [4.69, 9.17) is 17.2 Å². The maximum absolute atomic E-state index is 11.3. The largest absolute Gasteiger partial charge is 0.397 e. The lowest BCUT2D eigenvalue weighted by Crippen LogP contribution is -2.16. The van der Waals surface area contributed by atoms with Crippen LogP contribution in [0.3, 0.4) is 0 Å². The summed E-state index contributed by atoms with van der Waals surface area (Å²) in [5.74, 6) is -1.10. The lowest BCUT2D eigenvalue weighted by molar-refractivity contribution is 0.0999. The van der Waals surface area contributed by atoms with Gasteiger partial charge in [-0.1, -0.05) is 5.16 Å². The van der Waals surface area contributed by atoms with Crippen LogP contribution in [0.15, 0.2) is 10.9 Å². The molecule has 2 rings (SSSR count). The van der Waals surface area contributed by atoms with Crippen molar-refractivity contribution >= 4 is 33.8 Å². The first-order valence-corrected chi connectivity index (χ1v) is 5.83. The van der Waals surface area contributed by atoms with Crippen LogP contribution in [-0.2, 0) is 6.54 Å². The summed E-state index contributed by atoms with van der Waals surface area (Å²) in [6.45, 7) is 0.189. The van der Waals surface area contributed by atoms with Gasteiger partial charge in [0.2, 0.25) is 6.39 Å². The third-order valence-corrected chi connectivity index (χ3v) is 3.41. The Bertz CT molecular complexity index is 620. The molecule has 0 saturated heterocycles. The molecule has 0 aromatic carbocycles. The predicted molar refractivity (Wildman–Crippen MR) is 67.4 cm³/mol. The fourth-order valence-corrected chi connectivity index (χ4v) is 2.40. The number of carbonyl (C=O) groups is 2. The van der Waals surface area contributed by atoms with Gasteiger partial charge < -0.3 is 27.0 Å². The number of primary amides is 2. The Hall–Kier alpha value is -2.62. The van der Waals surface area contributed by atoms with Crippen LogP contribution >= 0.6 is 11.3 Å². The number of hydrogen-bond acceptors (Lipinski definition) is 8. The molecule has 2 aromatic heterocycles. The van der Waals surface area contributed by atoms with E-state index < -0.39 is 11.8 Å². The van der Waals surface area contributed by atoms with E-state index >= 15 is 0 Å². The molecule has 0 aliphatic carbocycles. The average molecular weight is 282 g/mol. The number of amides is 2. The second-order valence-electron chi connectivity index (χ2n) is 3.48. The molecule has 10 heteroatoms. The fraction of sp³-hybridized carbons (Fsp3) is 0.111. The van der Waals surface area contributed by atoms with Crippen LogP contribution < -0.4 is 22.5 Å². The Balaban J connectivity index is 2.30. The van der Waals surface area contributed by atoms with Crippen molar-refractivity contribution in [3.05, 3.63) is 22.7 Å². The summed E-state index contributed by atoms with van der Waals surface area (Å²) in [7, 11) is 0. The highest BCUT2D eigenvalue weighted by Gasteiger charge is 2.22. The van der Waals surface area contributed by atoms with Crippen molar-refractivity contribution in [1.82, 2.24) is 10.1 Å². The van der Waals surface area contributed by atoms with Crippen LogP contribution in [0.4, 0.5) is 10.7 Å². The van der Waals surface area contributed by atoms with Crippen molar-refractivity contribution in [2.24, 2.45) is 11.5 Å². The highest BCUT2D eigenvalue weighted by Crippen LogP contribution is 2.35. The van der Waals surface area contributed by atoms with Crippen LogP contribution in [0.2, 0.25) is 0 Å². The molecule has 0 spiro atoms.